The van der Waals surface area contributed by atoms with Crippen molar-refractivity contribution < 1.29 is 26.8 Å². The van der Waals surface area contributed by atoms with Crippen molar-refractivity contribution in [1.29, 1.82) is 0 Å². The van der Waals surface area contributed by atoms with Crippen LogP contribution in [0, 0.1) is 5.82 Å². The van der Waals surface area contributed by atoms with Gasteiger partial charge in [0.05, 0.1) is 23.9 Å². The maximum Gasteiger partial charge on any atom is 0.422 e. The van der Waals surface area contributed by atoms with Gasteiger partial charge in [-0.05, 0) is 29.8 Å². The fraction of sp³-hybridized carbons (Fsp3) is 0.211. The summed E-state index contributed by atoms with van der Waals surface area (Å²) in [5.74, 6) is -1.72. The molecule has 1 N–H and O–H groups in total. The Morgan fingerprint density at radius 2 is 1.90 bits per heavy atom. The molecule has 0 radical (unpaired) electrons. The van der Waals surface area contributed by atoms with Gasteiger partial charge in [-0.3, -0.25) is 9.52 Å². The predicted molar refractivity (Wildman–Crippen MR) is 110 cm³/mol. The lowest BCUT2D eigenvalue weighted by Crippen LogP contribution is -2.33. The van der Waals surface area contributed by atoms with Gasteiger partial charge in [0.1, 0.15) is 17.1 Å². The second-order valence-corrected chi connectivity index (χ2v) is 8.62. The van der Waals surface area contributed by atoms with Gasteiger partial charge >= 0.3 is 11.8 Å². The van der Waals surface area contributed by atoms with Crippen LogP contribution in [0.4, 0.5) is 14.9 Å². The molecule has 0 unspecified atom stereocenters. The average Bonchev–Trinajstić information content (AvgIpc) is 2.66. The molecule has 0 saturated carbocycles. The van der Waals surface area contributed by atoms with Crippen LogP contribution in [0.2, 0.25) is 0 Å². The number of ether oxygens (including phenoxy) is 1. The van der Waals surface area contributed by atoms with Gasteiger partial charge in [-0.25, -0.2) is 27.0 Å². The van der Waals surface area contributed by atoms with E-state index in [1.807, 2.05) is 4.72 Å². The Morgan fingerprint density at radius 1 is 1.19 bits per heavy atom. The molecule has 0 bridgehead atoms. The second-order valence-electron chi connectivity index (χ2n) is 6.87. The van der Waals surface area contributed by atoms with E-state index in [0.29, 0.717) is 0 Å². The molecule has 2 aromatic carbocycles. The molecular formula is C19H18FN3O7S. The Bertz CT molecular complexity index is 1390. The monoisotopic (exact) mass is 451 g/mol. The van der Waals surface area contributed by atoms with E-state index in [4.69, 9.17) is 9.15 Å². The molecule has 10 nitrogen and oxygen atoms in total. The summed E-state index contributed by atoms with van der Waals surface area (Å²) in [6, 6.07) is 7.47. The van der Waals surface area contributed by atoms with E-state index in [0.717, 1.165) is 16.9 Å². The third-order valence-electron chi connectivity index (χ3n) is 4.08. The minimum absolute atomic E-state index is 0.0563. The smallest absolute Gasteiger partial charge is 0.410 e. The summed E-state index contributed by atoms with van der Waals surface area (Å²) in [6.07, 6.45) is 0.218. The number of nitrogens with one attached hydrogen (secondary N) is 1. The third kappa shape index (κ3) is 5.09. The highest BCUT2D eigenvalue weighted by atomic mass is 32.2. The molecule has 3 aromatic rings. The SMILES string of the molecule is CN(C)C(=O)Oc1ccc2c(=O)n(Cc3ccc(F)c(NS(C)(=O)=O)c3)c(=O)oc2c1. The molecule has 0 saturated heterocycles. The first-order valence-corrected chi connectivity index (χ1v) is 10.7. The van der Waals surface area contributed by atoms with E-state index in [1.165, 1.54) is 49.3 Å². The summed E-state index contributed by atoms with van der Waals surface area (Å²) in [4.78, 5) is 38.0. The number of amides is 1. The van der Waals surface area contributed by atoms with Crippen LogP contribution in [0.1, 0.15) is 5.56 Å². The van der Waals surface area contributed by atoms with Crippen LogP contribution < -0.4 is 20.8 Å². The number of aromatic nitrogens is 1. The average molecular weight is 451 g/mol. The lowest BCUT2D eigenvalue weighted by Gasteiger charge is -2.11. The molecule has 0 spiro atoms. The summed E-state index contributed by atoms with van der Waals surface area (Å²) in [7, 11) is -0.741. The molecule has 1 heterocycles. The molecule has 0 aliphatic rings. The normalized spacial score (nSPS) is 11.4. The number of anilines is 1. The van der Waals surface area contributed by atoms with Crippen LogP contribution >= 0.6 is 0 Å². The number of rotatable bonds is 5. The van der Waals surface area contributed by atoms with Crippen molar-refractivity contribution in [3.63, 3.8) is 0 Å². The van der Waals surface area contributed by atoms with Crippen molar-refractivity contribution >= 4 is 32.8 Å². The van der Waals surface area contributed by atoms with E-state index in [2.05, 4.69) is 0 Å². The van der Waals surface area contributed by atoms with Crippen molar-refractivity contribution in [3.8, 4) is 5.75 Å². The Kier molecular flexibility index (Phi) is 5.84. The van der Waals surface area contributed by atoms with Gasteiger partial charge in [0.2, 0.25) is 10.0 Å². The van der Waals surface area contributed by atoms with Crippen LogP contribution in [0.3, 0.4) is 0 Å². The van der Waals surface area contributed by atoms with Gasteiger partial charge in [0.25, 0.3) is 5.56 Å². The zero-order valence-corrected chi connectivity index (χ0v) is 17.5. The number of benzene rings is 2. The molecule has 3 rings (SSSR count). The number of hydrogen-bond donors (Lipinski definition) is 1. The minimum Gasteiger partial charge on any atom is -0.410 e. The minimum atomic E-state index is -3.73. The first-order valence-electron chi connectivity index (χ1n) is 8.77. The molecule has 1 amide bonds. The Balaban J connectivity index is 1.99. The Hall–Kier alpha value is -3.67. The van der Waals surface area contributed by atoms with Crippen LogP contribution in [0.15, 0.2) is 50.4 Å². The zero-order valence-electron chi connectivity index (χ0n) is 16.7. The van der Waals surface area contributed by atoms with Gasteiger partial charge in [0, 0.05) is 20.2 Å². The molecule has 164 valence electrons. The third-order valence-corrected chi connectivity index (χ3v) is 4.67. The molecule has 1 aromatic heterocycles. The number of halogens is 1. The standard InChI is InChI=1S/C19H18FN3O7S/c1-22(2)18(25)29-12-5-6-13-16(9-12)30-19(26)23(17(13)24)10-11-4-7-14(20)15(8-11)21-31(3,27)28/h4-9,21H,10H2,1-3H3. The van der Waals surface area contributed by atoms with E-state index in [1.54, 1.807) is 0 Å². The summed E-state index contributed by atoms with van der Waals surface area (Å²) < 4.78 is 49.7. The first-order chi connectivity index (χ1) is 14.4. The van der Waals surface area contributed by atoms with E-state index in [-0.39, 0.29) is 34.5 Å². The van der Waals surface area contributed by atoms with Crippen molar-refractivity contribution in [2.24, 2.45) is 0 Å². The summed E-state index contributed by atoms with van der Waals surface area (Å²) in [5.41, 5.74) is -0.782. The molecule has 0 aliphatic heterocycles. The van der Waals surface area contributed by atoms with Gasteiger partial charge in [-0.1, -0.05) is 6.07 Å². The van der Waals surface area contributed by atoms with Crippen molar-refractivity contribution in [2.75, 3.05) is 25.1 Å². The highest BCUT2D eigenvalue weighted by molar-refractivity contribution is 7.92. The lowest BCUT2D eigenvalue weighted by atomic mass is 10.2. The number of hydrogen-bond acceptors (Lipinski definition) is 7. The number of carbonyl (C=O) groups excluding carboxylic acids is 1. The van der Waals surface area contributed by atoms with Crippen LogP contribution in [-0.4, -0.2) is 44.3 Å². The van der Waals surface area contributed by atoms with E-state index in [9.17, 15) is 27.2 Å². The quantitative estimate of drug-likeness (QED) is 0.624. The zero-order chi connectivity index (χ0) is 22.9. The van der Waals surface area contributed by atoms with Crippen molar-refractivity contribution in [2.45, 2.75) is 6.54 Å². The van der Waals surface area contributed by atoms with Crippen LogP contribution in [-0.2, 0) is 16.6 Å². The summed E-state index contributed by atoms with van der Waals surface area (Å²) in [6.45, 7) is -0.285. The van der Waals surface area contributed by atoms with Crippen LogP contribution in [0.25, 0.3) is 11.0 Å². The number of nitrogens with zero attached hydrogens (tertiary/aromatic N) is 2. The largest absolute Gasteiger partial charge is 0.422 e. The highest BCUT2D eigenvalue weighted by Gasteiger charge is 2.15. The predicted octanol–water partition coefficient (Wildman–Crippen LogP) is 1.57. The molecule has 0 fully saturated rings. The highest BCUT2D eigenvalue weighted by Crippen LogP contribution is 2.20. The van der Waals surface area contributed by atoms with Crippen molar-refractivity contribution in [1.82, 2.24) is 9.47 Å². The Morgan fingerprint density at radius 3 is 2.55 bits per heavy atom. The van der Waals surface area contributed by atoms with E-state index < -0.39 is 33.2 Å². The summed E-state index contributed by atoms with van der Waals surface area (Å²) >= 11 is 0. The maximum absolute atomic E-state index is 13.9. The van der Waals surface area contributed by atoms with Gasteiger partial charge < -0.3 is 14.1 Å². The van der Waals surface area contributed by atoms with Gasteiger partial charge in [-0.15, -0.1) is 0 Å². The van der Waals surface area contributed by atoms with E-state index >= 15 is 0 Å². The number of fused-ring (bicyclic) bond motifs is 1. The molecule has 31 heavy (non-hydrogen) atoms. The van der Waals surface area contributed by atoms with Gasteiger partial charge in [-0.2, -0.15) is 0 Å². The topological polar surface area (TPSA) is 128 Å². The number of carbonyl (C=O) groups is 1. The summed E-state index contributed by atoms with van der Waals surface area (Å²) in [5, 5.41) is 0.0563. The molecular weight excluding hydrogens is 433 g/mol. The van der Waals surface area contributed by atoms with Crippen molar-refractivity contribution in [3.05, 3.63) is 68.7 Å². The first kappa shape index (κ1) is 22.0. The number of sulfonamides is 1. The molecule has 12 heteroatoms. The van der Waals surface area contributed by atoms with Crippen LogP contribution in [0.5, 0.6) is 5.75 Å². The lowest BCUT2D eigenvalue weighted by molar-refractivity contribution is 0.172. The van der Waals surface area contributed by atoms with Gasteiger partial charge in [0.15, 0.2) is 0 Å². The molecule has 0 aliphatic carbocycles. The second kappa shape index (κ2) is 8.22. The Labute approximate surface area is 175 Å². The molecule has 0 atom stereocenters. The fourth-order valence-corrected chi connectivity index (χ4v) is 3.22. The fourth-order valence-electron chi connectivity index (χ4n) is 2.66. The maximum atomic E-state index is 13.9.